The average molecular weight is 233 g/mol. The van der Waals surface area contributed by atoms with E-state index in [1.165, 1.54) is 0 Å². The van der Waals surface area contributed by atoms with Gasteiger partial charge >= 0.3 is 0 Å². The number of amides is 1. The number of hydrogen-bond acceptors (Lipinski definition) is 2. The predicted octanol–water partition coefficient (Wildman–Crippen LogP) is 2.62. The quantitative estimate of drug-likeness (QED) is 0.812. The summed E-state index contributed by atoms with van der Waals surface area (Å²) in [6.45, 7) is 5.77. The molecule has 1 amide bonds. The van der Waals surface area contributed by atoms with Crippen LogP contribution in [-0.2, 0) is 4.79 Å². The van der Waals surface area contributed by atoms with E-state index in [1.807, 2.05) is 45.0 Å². The van der Waals surface area contributed by atoms with E-state index in [1.54, 1.807) is 13.2 Å². The van der Waals surface area contributed by atoms with Crippen molar-refractivity contribution in [1.29, 1.82) is 0 Å². The summed E-state index contributed by atoms with van der Waals surface area (Å²) >= 11 is 0. The van der Waals surface area contributed by atoms with Crippen LogP contribution in [0, 0.1) is 0 Å². The third-order valence-electron chi connectivity index (χ3n) is 2.31. The van der Waals surface area contributed by atoms with Crippen LogP contribution in [0.25, 0.3) is 5.57 Å². The van der Waals surface area contributed by atoms with Crippen molar-refractivity contribution in [1.82, 2.24) is 5.32 Å². The van der Waals surface area contributed by atoms with E-state index in [0.29, 0.717) is 0 Å². The number of para-hydroxylation sites is 1. The minimum atomic E-state index is -0.0802. The van der Waals surface area contributed by atoms with E-state index < -0.39 is 0 Å². The summed E-state index contributed by atoms with van der Waals surface area (Å²) in [6.07, 6.45) is 1.60. The number of hydrogen-bond donors (Lipinski definition) is 1. The molecule has 0 fully saturated rings. The zero-order valence-corrected chi connectivity index (χ0v) is 10.8. The summed E-state index contributed by atoms with van der Waals surface area (Å²) in [5.74, 6) is 0.696. The highest BCUT2D eigenvalue weighted by molar-refractivity contribution is 5.95. The Morgan fingerprint density at radius 3 is 2.59 bits per heavy atom. The summed E-state index contributed by atoms with van der Waals surface area (Å²) in [5, 5.41) is 2.82. The Morgan fingerprint density at radius 2 is 2.00 bits per heavy atom. The molecule has 0 aliphatic carbocycles. The summed E-state index contributed by atoms with van der Waals surface area (Å²) < 4.78 is 5.26. The van der Waals surface area contributed by atoms with Gasteiger partial charge < -0.3 is 10.1 Å². The first-order valence-corrected chi connectivity index (χ1v) is 5.66. The van der Waals surface area contributed by atoms with Crippen molar-refractivity contribution in [3.8, 4) is 5.75 Å². The van der Waals surface area contributed by atoms with E-state index in [2.05, 4.69) is 5.32 Å². The Morgan fingerprint density at radius 1 is 1.35 bits per heavy atom. The standard InChI is InChI=1S/C14H19NO2/c1-10(2)15-14(16)9-11(3)12-7-5-6-8-13(12)17-4/h5-10H,1-4H3,(H,15,16)/b11-9-. The molecule has 0 saturated carbocycles. The lowest BCUT2D eigenvalue weighted by Crippen LogP contribution is -2.28. The number of rotatable bonds is 4. The maximum Gasteiger partial charge on any atom is 0.244 e. The lowest BCUT2D eigenvalue weighted by atomic mass is 10.1. The van der Waals surface area contributed by atoms with Crippen LogP contribution in [0.2, 0.25) is 0 Å². The molecule has 0 spiro atoms. The van der Waals surface area contributed by atoms with Gasteiger partial charge in [0.15, 0.2) is 0 Å². The Balaban J connectivity index is 2.91. The van der Waals surface area contributed by atoms with Crippen LogP contribution in [-0.4, -0.2) is 19.1 Å². The average Bonchev–Trinajstić information content (AvgIpc) is 2.27. The number of ether oxygens (including phenoxy) is 1. The van der Waals surface area contributed by atoms with E-state index in [-0.39, 0.29) is 11.9 Å². The molecule has 0 heterocycles. The Bertz CT molecular complexity index is 422. The van der Waals surface area contributed by atoms with Crippen LogP contribution < -0.4 is 10.1 Å². The first-order valence-electron chi connectivity index (χ1n) is 5.66. The second-order valence-corrected chi connectivity index (χ2v) is 4.19. The normalized spacial score (nSPS) is 11.5. The Labute approximate surface area is 102 Å². The third-order valence-corrected chi connectivity index (χ3v) is 2.31. The minimum absolute atomic E-state index is 0.0802. The number of methoxy groups -OCH3 is 1. The third kappa shape index (κ3) is 3.94. The first kappa shape index (κ1) is 13.3. The van der Waals surface area contributed by atoms with Gasteiger partial charge in [-0.05, 0) is 32.4 Å². The van der Waals surface area contributed by atoms with Gasteiger partial charge in [0.1, 0.15) is 5.75 Å². The highest BCUT2D eigenvalue weighted by Crippen LogP contribution is 2.24. The van der Waals surface area contributed by atoms with Gasteiger partial charge in [0.05, 0.1) is 7.11 Å². The molecule has 0 unspecified atom stereocenters. The zero-order chi connectivity index (χ0) is 12.8. The topological polar surface area (TPSA) is 38.3 Å². The number of benzene rings is 1. The van der Waals surface area contributed by atoms with Crippen molar-refractivity contribution >= 4 is 11.5 Å². The largest absolute Gasteiger partial charge is 0.496 e. The van der Waals surface area contributed by atoms with E-state index >= 15 is 0 Å². The fraction of sp³-hybridized carbons (Fsp3) is 0.357. The smallest absolute Gasteiger partial charge is 0.244 e. The molecule has 0 aliphatic rings. The van der Waals surface area contributed by atoms with Gasteiger partial charge in [-0.3, -0.25) is 4.79 Å². The molecule has 0 atom stereocenters. The molecule has 3 nitrogen and oxygen atoms in total. The summed E-state index contributed by atoms with van der Waals surface area (Å²) in [6, 6.07) is 7.80. The maximum atomic E-state index is 11.6. The second kappa shape index (κ2) is 6.09. The summed E-state index contributed by atoms with van der Waals surface area (Å²) in [5.41, 5.74) is 1.83. The molecule has 0 aromatic heterocycles. The Hall–Kier alpha value is -1.77. The van der Waals surface area contributed by atoms with Crippen LogP contribution in [0.5, 0.6) is 5.75 Å². The lowest BCUT2D eigenvalue weighted by molar-refractivity contribution is -0.116. The fourth-order valence-corrected chi connectivity index (χ4v) is 1.57. The number of allylic oxidation sites excluding steroid dienone is 1. The maximum absolute atomic E-state index is 11.6. The molecule has 0 radical (unpaired) electrons. The van der Waals surface area contributed by atoms with Gasteiger partial charge in [-0.1, -0.05) is 18.2 Å². The molecule has 0 bridgehead atoms. The summed E-state index contributed by atoms with van der Waals surface area (Å²) in [4.78, 5) is 11.6. The van der Waals surface area contributed by atoms with Gasteiger partial charge in [-0.15, -0.1) is 0 Å². The second-order valence-electron chi connectivity index (χ2n) is 4.19. The fourth-order valence-electron chi connectivity index (χ4n) is 1.57. The van der Waals surface area contributed by atoms with Crippen molar-refractivity contribution in [3.63, 3.8) is 0 Å². The van der Waals surface area contributed by atoms with Gasteiger partial charge in [0.25, 0.3) is 0 Å². The van der Waals surface area contributed by atoms with Crippen molar-refractivity contribution in [3.05, 3.63) is 35.9 Å². The van der Waals surface area contributed by atoms with Crippen molar-refractivity contribution in [2.75, 3.05) is 7.11 Å². The van der Waals surface area contributed by atoms with Gasteiger partial charge in [-0.2, -0.15) is 0 Å². The SMILES string of the molecule is COc1ccccc1/C(C)=C\C(=O)NC(C)C. The van der Waals surface area contributed by atoms with Crippen molar-refractivity contribution in [2.24, 2.45) is 0 Å². The Kier molecular flexibility index (Phi) is 4.76. The molecular formula is C14H19NO2. The molecule has 1 aromatic carbocycles. The highest BCUT2D eigenvalue weighted by atomic mass is 16.5. The lowest BCUT2D eigenvalue weighted by Gasteiger charge is -2.09. The molecule has 17 heavy (non-hydrogen) atoms. The van der Waals surface area contributed by atoms with Gasteiger partial charge in [0, 0.05) is 17.7 Å². The monoisotopic (exact) mass is 233 g/mol. The van der Waals surface area contributed by atoms with Crippen molar-refractivity contribution < 1.29 is 9.53 Å². The molecule has 3 heteroatoms. The van der Waals surface area contributed by atoms with Crippen LogP contribution in [0.3, 0.4) is 0 Å². The molecule has 0 saturated heterocycles. The van der Waals surface area contributed by atoms with Crippen molar-refractivity contribution in [2.45, 2.75) is 26.8 Å². The van der Waals surface area contributed by atoms with Crippen LogP contribution in [0.1, 0.15) is 26.3 Å². The van der Waals surface area contributed by atoms with E-state index in [4.69, 9.17) is 4.74 Å². The molecule has 1 aromatic rings. The van der Waals surface area contributed by atoms with Crippen LogP contribution in [0.4, 0.5) is 0 Å². The van der Waals surface area contributed by atoms with Gasteiger partial charge in [-0.25, -0.2) is 0 Å². The molecule has 92 valence electrons. The van der Waals surface area contributed by atoms with E-state index in [0.717, 1.165) is 16.9 Å². The van der Waals surface area contributed by atoms with Crippen LogP contribution in [0.15, 0.2) is 30.3 Å². The molecule has 1 N–H and O–H groups in total. The molecular weight excluding hydrogens is 214 g/mol. The molecule has 1 rings (SSSR count). The van der Waals surface area contributed by atoms with E-state index in [9.17, 15) is 4.79 Å². The van der Waals surface area contributed by atoms with Gasteiger partial charge in [0.2, 0.25) is 5.91 Å². The van der Waals surface area contributed by atoms with Crippen LogP contribution >= 0.6 is 0 Å². The zero-order valence-electron chi connectivity index (χ0n) is 10.8. The minimum Gasteiger partial charge on any atom is -0.496 e. The first-order chi connectivity index (χ1) is 8.04. The number of nitrogens with one attached hydrogen (secondary N) is 1. The number of carbonyl (C=O) groups excluding carboxylic acids is 1. The predicted molar refractivity (Wildman–Crippen MR) is 69.9 cm³/mol. The molecule has 0 aliphatic heterocycles. The number of carbonyl (C=O) groups is 1. The summed E-state index contributed by atoms with van der Waals surface area (Å²) in [7, 11) is 1.63. The highest BCUT2D eigenvalue weighted by Gasteiger charge is 2.06.